The Labute approximate surface area is 173 Å². The number of aliphatic hydroxyl groups is 4. The van der Waals surface area contributed by atoms with Gasteiger partial charge in [0.05, 0.1) is 12.7 Å². The number of fused-ring (bicyclic) bond motifs is 5. The van der Waals surface area contributed by atoms with Crippen molar-refractivity contribution in [1.29, 1.82) is 0 Å². The zero-order valence-corrected chi connectivity index (χ0v) is 17.7. The summed E-state index contributed by atoms with van der Waals surface area (Å²) < 4.78 is 5.50. The first-order chi connectivity index (χ1) is 13.9. The molecule has 29 heavy (non-hydrogen) atoms. The van der Waals surface area contributed by atoms with E-state index < -0.39 is 18.1 Å². The molecule has 166 valence electrons. The second kappa shape index (κ2) is 7.40. The first kappa shape index (κ1) is 20.6. The maximum absolute atomic E-state index is 11.3. The van der Waals surface area contributed by atoms with Crippen molar-refractivity contribution in [2.45, 2.75) is 94.7 Å². The zero-order chi connectivity index (χ0) is 20.5. The SMILES string of the molecule is CCC1C2CC(O)CCC2NC2C1CN1C(O)C3COC(O)C(O)(CC)C3CC21. The van der Waals surface area contributed by atoms with Crippen LogP contribution in [0.2, 0.25) is 0 Å². The number of rotatable bonds is 2. The normalized spacial score (nSPS) is 57.5. The van der Waals surface area contributed by atoms with Crippen molar-refractivity contribution < 1.29 is 25.2 Å². The van der Waals surface area contributed by atoms with E-state index in [0.29, 0.717) is 36.3 Å². The molecule has 4 aliphatic heterocycles. The Morgan fingerprint density at radius 2 is 1.86 bits per heavy atom. The van der Waals surface area contributed by atoms with Gasteiger partial charge in [-0.15, -0.1) is 0 Å². The monoisotopic (exact) mass is 410 g/mol. The molecule has 5 aliphatic rings. The lowest BCUT2D eigenvalue weighted by Crippen LogP contribution is -2.68. The van der Waals surface area contributed by atoms with E-state index in [0.717, 1.165) is 38.6 Å². The van der Waals surface area contributed by atoms with Gasteiger partial charge in [0.15, 0.2) is 6.29 Å². The van der Waals surface area contributed by atoms with Gasteiger partial charge in [0, 0.05) is 36.5 Å². The molecule has 1 saturated carbocycles. The fraction of sp³-hybridized carbons (Fsp3) is 1.00. The molecule has 0 aromatic carbocycles. The molecule has 12 atom stereocenters. The zero-order valence-electron chi connectivity index (χ0n) is 17.7. The first-order valence-electron chi connectivity index (χ1n) is 11.8. The number of piperidine rings is 2. The van der Waals surface area contributed by atoms with Crippen molar-refractivity contribution in [2.24, 2.45) is 29.6 Å². The molecule has 12 unspecified atom stereocenters. The van der Waals surface area contributed by atoms with Crippen LogP contribution in [0.1, 0.15) is 52.4 Å². The summed E-state index contributed by atoms with van der Waals surface area (Å²) in [6.45, 7) is 5.29. The summed E-state index contributed by atoms with van der Waals surface area (Å²) in [5.74, 6) is 1.16. The van der Waals surface area contributed by atoms with E-state index in [1.54, 1.807) is 0 Å². The van der Waals surface area contributed by atoms with Gasteiger partial charge in [0.1, 0.15) is 11.8 Å². The van der Waals surface area contributed by atoms with E-state index in [2.05, 4.69) is 17.1 Å². The quantitative estimate of drug-likeness (QED) is 0.445. The van der Waals surface area contributed by atoms with Gasteiger partial charge in [-0.3, -0.25) is 4.90 Å². The first-order valence-corrected chi connectivity index (χ1v) is 11.8. The molecule has 0 bridgehead atoms. The van der Waals surface area contributed by atoms with Crippen LogP contribution in [-0.2, 0) is 4.74 Å². The second-order valence-corrected chi connectivity index (χ2v) is 10.4. The Morgan fingerprint density at radius 3 is 2.59 bits per heavy atom. The largest absolute Gasteiger partial charge is 0.393 e. The van der Waals surface area contributed by atoms with Gasteiger partial charge in [-0.05, 0) is 49.9 Å². The molecule has 0 radical (unpaired) electrons. The van der Waals surface area contributed by atoms with Crippen molar-refractivity contribution in [3.05, 3.63) is 0 Å². The molecule has 4 saturated heterocycles. The molecule has 5 N–H and O–H groups in total. The summed E-state index contributed by atoms with van der Waals surface area (Å²) in [5.41, 5.74) is -1.30. The average Bonchev–Trinajstić information content (AvgIpc) is 3.08. The summed E-state index contributed by atoms with van der Waals surface area (Å²) >= 11 is 0. The van der Waals surface area contributed by atoms with Gasteiger partial charge in [-0.1, -0.05) is 20.3 Å². The fourth-order valence-corrected chi connectivity index (χ4v) is 7.87. The molecule has 5 rings (SSSR count). The van der Waals surface area contributed by atoms with E-state index in [1.807, 2.05) is 6.92 Å². The maximum atomic E-state index is 11.3. The topological polar surface area (TPSA) is 105 Å². The highest BCUT2D eigenvalue weighted by atomic mass is 16.6. The summed E-state index contributed by atoms with van der Waals surface area (Å²) in [6.07, 6.45) is 3.03. The smallest absolute Gasteiger partial charge is 0.183 e. The molecule has 5 fully saturated rings. The lowest BCUT2D eigenvalue weighted by molar-refractivity contribution is -0.308. The van der Waals surface area contributed by atoms with Gasteiger partial charge in [0.2, 0.25) is 0 Å². The van der Waals surface area contributed by atoms with E-state index in [-0.39, 0.29) is 30.6 Å². The van der Waals surface area contributed by atoms with Crippen molar-refractivity contribution in [3.8, 4) is 0 Å². The van der Waals surface area contributed by atoms with Crippen LogP contribution >= 0.6 is 0 Å². The van der Waals surface area contributed by atoms with Gasteiger partial charge in [-0.2, -0.15) is 0 Å². The third-order valence-electron chi connectivity index (χ3n) is 9.39. The van der Waals surface area contributed by atoms with Crippen LogP contribution in [0, 0.1) is 29.6 Å². The van der Waals surface area contributed by atoms with Crippen LogP contribution < -0.4 is 5.32 Å². The number of hydrogen-bond acceptors (Lipinski definition) is 7. The van der Waals surface area contributed by atoms with Crippen LogP contribution in [-0.4, -0.2) is 80.8 Å². The van der Waals surface area contributed by atoms with Crippen molar-refractivity contribution in [2.75, 3.05) is 13.2 Å². The Bertz CT molecular complexity index is 622. The molecule has 0 aromatic rings. The predicted octanol–water partition coefficient (Wildman–Crippen LogP) is 0.259. The highest BCUT2D eigenvalue weighted by Crippen LogP contribution is 2.52. The van der Waals surface area contributed by atoms with Crippen molar-refractivity contribution in [1.82, 2.24) is 10.2 Å². The average molecular weight is 411 g/mol. The Kier molecular flexibility index (Phi) is 5.26. The van der Waals surface area contributed by atoms with Gasteiger partial charge >= 0.3 is 0 Å². The number of ether oxygens (including phenoxy) is 1. The lowest BCUT2D eigenvalue weighted by Gasteiger charge is -2.55. The van der Waals surface area contributed by atoms with E-state index >= 15 is 0 Å². The number of nitrogens with zero attached hydrogens (tertiary/aromatic N) is 1. The molecule has 0 amide bonds. The predicted molar refractivity (Wildman–Crippen MR) is 107 cm³/mol. The van der Waals surface area contributed by atoms with Crippen molar-refractivity contribution >= 4 is 0 Å². The molecule has 1 aliphatic carbocycles. The van der Waals surface area contributed by atoms with Crippen molar-refractivity contribution in [3.63, 3.8) is 0 Å². The minimum Gasteiger partial charge on any atom is -0.393 e. The molecule has 7 heteroatoms. The van der Waals surface area contributed by atoms with Gasteiger partial charge in [-0.25, -0.2) is 0 Å². The highest BCUT2D eigenvalue weighted by Gasteiger charge is 2.62. The molecule has 0 aromatic heterocycles. The summed E-state index contributed by atoms with van der Waals surface area (Å²) in [6, 6.07) is 0.902. The van der Waals surface area contributed by atoms with Crippen LogP contribution in [0.5, 0.6) is 0 Å². The van der Waals surface area contributed by atoms with Crippen LogP contribution in [0.15, 0.2) is 0 Å². The third-order valence-corrected chi connectivity index (χ3v) is 9.39. The van der Waals surface area contributed by atoms with Gasteiger partial charge < -0.3 is 30.5 Å². The lowest BCUT2D eigenvalue weighted by atomic mass is 9.63. The molecule has 7 nitrogen and oxygen atoms in total. The maximum Gasteiger partial charge on any atom is 0.183 e. The highest BCUT2D eigenvalue weighted by molar-refractivity contribution is 5.13. The van der Waals surface area contributed by atoms with E-state index in [1.165, 1.54) is 0 Å². The fourth-order valence-electron chi connectivity index (χ4n) is 7.87. The summed E-state index contributed by atoms with van der Waals surface area (Å²) in [7, 11) is 0. The van der Waals surface area contributed by atoms with E-state index in [4.69, 9.17) is 4.74 Å². The Balaban J connectivity index is 1.44. The number of hydrogen-bond donors (Lipinski definition) is 5. The van der Waals surface area contributed by atoms with Crippen LogP contribution in [0.3, 0.4) is 0 Å². The third kappa shape index (κ3) is 2.96. The molecular formula is C22H38N2O5. The second-order valence-electron chi connectivity index (χ2n) is 10.4. The number of nitrogens with one attached hydrogen (secondary N) is 1. The Hall–Kier alpha value is -0.280. The Morgan fingerprint density at radius 1 is 1.07 bits per heavy atom. The number of aliphatic hydroxyl groups excluding tert-OH is 3. The summed E-state index contributed by atoms with van der Waals surface area (Å²) in [4.78, 5) is 2.25. The molecule has 0 spiro atoms. The van der Waals surface area contributed by atoms with Crippen LogP contribution in [0.25, 0.3) is 0 Å². The minimum atomic E-state index is -1.30. The van der Waals surface area contributed by atoms with E-state index in [9.17, 15) is 20.4 Å². The minimum absolute atomic E-state index is 0.168. The molecule has 4 heterocycles. The molecular weight excluding hydrogens is 372 g/mol. The summed E-state index contributed by atoms with van der Waals surface area (Å²) in [5, 5.41) is 47.1. The van der Waals surface area contributed by atoms with Gasteiger partial charge in [0.25, 0.3) is 0 Å². The standard InChI is InChI=1S/C22H38N2O5/c1-3-12-13-7-11(25)5-6-17(13)23-19-14(12)9-24-18(19)8-16-15(20(24)26)10-29-21(27)22(16,28)4-2/h11-21,23,25-28H,3-10H2,1-2H3. The van der Waals surface area contributed by atoms with Crippen LogP contribution in [0.4, 0.5) is 0 Å².